The number of phenols is 1. The average molecular weight is 519 g/mol. The third kappa shape index (κ3) is 4.38. The molecule has 0 spiro atoms. The number of nitrogens with zero attached hydrogens (tertiary/aromatic N) is 1. The van der Waals surface area contributed by atoms with Crippen molar-refractivity contribution in [2.45, 2.75) is 23.8 Å². The van der Waals surface area contributed by atoms with Crippen molar-refractivity contribution in [1.29, 1.82) is 0 Å². The summed E-state index contributed by atoms with van der Waals surface area (Å²) in [6.45, 7) is -0.0186. The third-order valence-corrected chi connectivity index (χ3v) is 7.61. The highest BCUT2D eigenvalue weighted by Gasteiger charge is 2.42. The van der Waals surface area contributed by atoms with E-state index in [-0.39, 0.29) is 23.7 Å². The lowest BCUT2D eigenvalue weighted by molar-refractivity contribution is -0.140. The second-order valence-electron chi connectivity index (χ2n) is 6.44. The van der Waals surface area contributed by atoms with Gasteiger partial charge in [-0.05, 0) is 53.0 Å². The SMILES string of the molecule is O=C(Nc1ccccc1Br)Nc1ccc(Cl)c(S(=O)(=O)N2CCC[C@H]2C(=O)O)c1O. The second-order valence-corrected chi connectivity index (χ2v) is 9.53. The van der Waals surface area contributed by atoms with Gasteiger partial charge in [-0.3, -0.25) is 4.79 Å². The second kappa shape index (κ2) is 8.80. The zero-order chi connectivity index (χ0) is 22.1. The van der Waals surface area contributed by atoms with Gasteiger partial charge in [-0.25, -0.2) is 13.2 Å². The van der Waals surface area contributed by atoms with Crippen LogP contribution in [0.5, 0.6) is 5.75 Å². The molecule has 0 aliphatic carbocycles. The fourth-order valence-electron chi connectivity index (χ4n) is 3.12. The van der Waals surface area contributed by atoms with Crippen LogP contribution in [0.2, 0.25) is 5.02 Å². The molecule has 160 valence electrons. The maximum atomic E-state index is 13.0. The smallest absolute Gasteiger partial charge is 0.323 e. The standard InChI is InChI=1S/C18H17BrClN3O6S/c19-10-4-1-2-5-12(10)21-18(27)22-13-8-7-11(20)16(15(13)24)30(28,29)23-9-3-6-14(23)17(25)26/h1-2,4-5,7-8,14,24H,3,6,9H2,(H,25,26)(H2,21,22,27)/t14-/m0/s1. The molecular weight excluding hydrogens is 502 g/mol. The van der Waals surface area contributed by atoms with Crippen LogP contribution in [0, 0.1) is 0 Å². The van der Waals surface area contributed by atoms with E-state index in [1.165, 1.54) is 12.1 Å². The first-order valence-corrected chi connectivity index (χ1v) is 11.3. The molecule has 1 heterocycles. The van der Waals surface area contributed by atoms with Gasteiger partial charge in [-0.2, -0.15) is 4.31 Å². The summed E-state index contributed by atoms with van der Waals surface area (Å²) in [5, 5.41) is 24.5. The number of benzene rings is 2. The predicted octanol–water partition coefficient (Wildman–Crippen LogP) is 3.69. The molecule has 4 N–H and O–H groups in total. The number of phenolic OH excluding ortho intramolecular Hbond substituents is 1. The maximum absolute atomic E-state index is 13.0. The Morgan fingerprint density at radius 1 is 1.13 bits per heavy atom. The van der Waals surface area contributed by atoms with Crippen molar-refractivity contribution in [1.82, 2.24) is 4.31 Å². The molecule has 0 saturated carbocycles. The Balaban J connectivity index is 1.91. The molecule has 12 heteroatoms. The zero-order valence-electron chi connectivity index (χ0n) is 15.3. The average Bonchev–Trinajstić information content (AvgIpc) is 3.17. The minimum atomic E-state index is -4.43. The van der Waals surface area contributed by atoms with Crippen molar-refractivity contribution < 1.29 is 28.2 Å². The normalized spacial score (nSPS) is 16.9. The number of carboxylic acids is 1. The van der Waals surface area contributed by atoms with Crippen molar-refractivity contribution in [3.05, 3.63) is 45.9 Å². The van der Waals surface area contributed by atoms with Gasteiger partial charge in [-0.1, -0.05) is 23.7 Å². The molecule has 2 aromatic rings. The largest absolute Gasteiger partial charge is 0.504 e. The first-order chi connectivity index (χ1) is 14.1. The summed E-state index contributed by atoms with van der Waals surface area (Å²) >= 11 is 9.32. The summed E-state index contributed by atoms with van der Waals surface area (Å²) in [5.41, 5.74) is 0.256. The lowest BCUT2D eigenvalue weighted by atomic mass is 10.2. The van der Waals surface area contributed by atoms with Crippen LogP contribution < -0.4 is 10.6 Å². The predicted molar refractivity (Wildman–Crippen MR) is 114 cm³/mol. The molecule has 0 aromatic heterocycles. The van der Waals surface area contributed by atoms with Crippen LogP contribution in [-0.2, 0) is 14.8 Å². The number of aromatic hydroxyl groups is 1. The third-order valence-electron chi connectivity index (χ3n) is 4.51. The molecule has 1 saturated heterocycles. The van der Waals surface area contributed by atoms with Crippen LogP contribution in [0.1, 0.15) is 12.8 Å². The van der Waals surface area contributed by atoms with Crippen LogP contribution in [0.3, 0.4) is 0 Å². The molecule has 2 aromatic carbocycles. The number of halogens is 2. The monoisotopic (exact) mass is 517 g/mol. The van der Waals surface area contributed by atoms with Crippen molar-refractivity contribution in [3.63, 3.8) is 0 Å². The quantitative estimate of drug-likeness (QED) is 0.446. The van der Waals surface area contributed by atoms with E-state index in [0.717, 1.165) is 4.31 Å². The lowest BCUT2D eigenvalue weighted by Crippen LogP contribution is -2.40. The fraction of sp³-hybridized carbons (Fsp3) is 0.222. The Morgan fingerprint density at radius 3 is 2.47 bits per heavy atom. The number of urea groups is 1. The van der Waals surface area contributed by atoms with Crippen LogP contribution in [0.25, 0.3) is 0 Å². The van der Waals surface area contributed by atoms with Gasteiger partial charge in [0.15, 0.2) is 5.75 Å². The summed E-state index contributed by atoms with van der Waals surface area (Å²) in [7, 11) is -4.43. The first kappa shape index (κ1) is 22.3. The van der Waals surface area contributed by atoms with Crippen LogP contribution in [0.4, 0.5) is 16.2 Å². The van der Waals surface area contributed by atoms with Gasteiger partial charge in [-0.15, -0.1) is 0 Å². The number of carboxylic acid groups (broad SMARTS) is 1. The Morgan fingerprint density at radius 2 is 1.80 bits per heavy atom. The summed E-state index contributed by atoms with van der Waals surface area (Å²) in [6, 6.07) is 7.30. The van der Waals surface area contributed by atoms with E-state index in [4.69, 9.17) is 11.6 Å². The maximum Gasteiger partial charge on any atom is 0.323 e. The number of aliphatic carboxylic acids is 1. The number of hydrogen-bond acceptors (Lipinski definition) is 5. The van der Waals surface area contributed by atoms with Crippen molar-refractivity contribution in [2.75, 3.05) is 17.2 Å². The molecule has 30 heavy (non-hydrogen) atoms. The molecule has 1 aliphatic heterocycles. The summed E-state index contributed by atoms with van der Waals surface area (Å²) < 4.78 is 27.5. The lowest BCUT2D eigenvalue weighted by Gasteiger charge is -2.23. The van der Waals surface area contributed by atoms with Gasteiger partial charge < -0.3 is 20.8 Å². The fourth-order valence-corrected chi connectivity index (χ4v) is 5.76. The number of nitrogens with one attached hydrogen (secondary N) is 2. The summed E-state index contributed by atoms with van der Waals surface area (Å²) in [5.74, 6) is -2.06. The Hall–Kier alpha value is -2.34. The highest BCUT2D eigenvalue weighted by atomic mass is 79.9. The molecule has 1 aliphatic rings. The molecule has 1 fully saturated rings. The summed E-state index contributed by atoms with van der Waals surface area (Å²) in [4.78, 5) is 23.1. The number of anilines is 2. The molecule has 0 unspecified atom stereocenters. The molecular formula is C18H17BrClN3O6S. The number of sulfonamides is 1. The van der Waals surface area contributed by atoms with Crippen LogP contribution >= 0.6 is 27.5 Å². The highest BCUT2D eigenvalue weighted by molar-refractivity contribution is 9.10. The van der Waals surface area contributed by atoms with E-state index in [1.54, 1.807) is 24.3 Å². The van der Waals surface area contributed by atoms with E-state index >= 15 is 0 Å². The van der Waals surface area contributed by atoms with Gasteiger partial charge in [0.25, 0.3) is 0 Å². The van der Waals surface area contributed by atoms with Crippen LogP contribution in [0.15, 0.2) is 45.8 Å². The molecule has 9 nitrogen and oxygen atoms in total. The van der Waals surface area contributed by atoms with Gasteiger partial charge in [0.05, 0.1) is 16.4 Å². The van der Waals surface area contributed by atoms with E-state index in [2.05, 4.69) is 26.6 Å². The molecule has 1 atom stereocenters. The van der Waals surface area contributed by atoms with E-state index in [0.29, 0.717) is 16.6 Å². The van der Waals surface area contributed by atoms with Gasteiger partial charge in [0.2, 0.25) is 10.0 Å². The molecule has 0 radical (unpaired) electrons. The minimum absolute atomic E-state index is 0.0186. The molecule has 3 rings (SSSR count). The topological polar surface area (TPSA) is 136 Å². The van der Waals surface area contributed by atoms with E-state index in [9.17, 15) is 28.2 Å². The number of carbonyl (C=O) groups excluding carboxylic acids is 1. The van der Waals surface area contributed by atoms with E-state index < -0.39 is 38.7 Å². The van der Waals surface area contributed by atoms with Gasteiger partial charge in [0, 0.05) is 11.0 Å². The van der Waals surface area contributed by atoms with Crippen molar-refractivity contribution in [3.8, 4) is 5.75 Å². The molecule has 2 amide bonds. The van der Waals surface area contributed by atoms with Gasteiger partial charge in [0.1, 0.15) is 10.9 Å². The van der Waals surface area contributed by atoms with Crippen molar-refractivity contribution in [2.24, 2.45) is 0 Å². The van der Waals surface area contributed by atoms with Crippen LogP contribution in [-0.4, -0.2) is 47.5 Å². The van der Waals surface area contributed by atoms with Crippen molar-refractivity contribution >= 4 is 60.9 Å². The zero-order valence-corrected chi connectivity index (χ0v) is 18.5. The minimum Gasteiger partial charge on any atom is -0.504 e. The first-order valence-electron chi connectivity index (χ1n) is 8.71. The Bertz CT molecular complexity index is 1110. The highest BCUT2D eigenvalue weighted by Crippen LogP contribution is 2.40. The number of hydrogen-bond donors (Lipinski definition) is 4. The van der Waals surface area contributed by atoms with E-state index in [1.807, 2.05) is 0 Å². The number of rotatable bonds is 5. The Kier molecular flexibility index (Phi) is 6.56. The number of amides is 2. The number of para-hydroxylation sites is 1. The Labute approximate surface area is 185 Å². The van der Waals surface area contributed by atoms with Gasteiger partial charge >= 0.3 is 12.0 Å². The summed E-state index contributed by atoms with van der Waals surface area (Å²) in [6.07, 6.45) is 0.514. The molecule has 0 bridgehead atoms. The number of carbonyl (C=O) groups is 2.